The molecule has 0 bridgehead atoms. The Kier molecular flexibility index (Phi) is 5.23. The summed E-state index contributed by atoms with van der Waals surface area (Å²) in [5, 5.41) is 7.78. The van der Waals surface area contributed by atoms with Crippen LogP contribution >= 0.6 is 27.3 Å². The number of anilines is 1. The van der Waals surface area contributed by atoms with E-state index < -0.39 is 0 Å². The Labute approximate surface area is 120 Å². The molecule has 0 saturated heterocycles. The Morgan fingerprint density at radius 2 is 2.22 bits per heavy atom. The van der Waals surface area contributed by atoms with E-state index >= 15 is 0 Å². The monoisotopic (exact) mass is 325 g/mol. The van der Waals surface area contributed by atoms with Gasteiger partial charge in [0.15, 0.2) is 0 Å². The van der Waals surface area contributed by atoms with Crippen LogP contribution in [0.15, 0.2) is 39.5 Å². The lowest BCUT2D eigenvalue weighted by atomic mass is 10.1. The number of methoxy groups -OCH3 is 1. The summed E-state index contributed by atoms with van der Waals surface area (Å²) < 4.78 is 6.32. The Bertz CT molecular complexity index is 485. The van der Waals surface area contributed by atoms with E-state index in [1.807, 2.05) is 12.1 Å². The molecule has 0 aliphatic carbocycles. The molecule has 0 saturated carbocycles. The first kappa shape index (κ1) is 13.6. The van der Waals surface area contributed by atoms with E-state index in [4.69, 9.17) is 4.74 Å². The highest BCUT2D eigenvalue weighted by molar-refractivity contribution is 9.10. The van der Waals surface area contributed by atoms with Crippen LogP contribution in [-0.2, 0) is 17.8 Å². The zero-order valence-electron chi connectivity index (χ0n) is 10.3. The first-order chi connectivity index (χ1) is 8.81. The van der Waals surface area contributed by atoms with Gasteiger partial charge in [-0.1, -0.05) is 22.0 Å². The van der Waals surface area contributed by atoms with Crippen molar-refractivity contribution in [1.29, 1.82) is 0 Å². The molecule has 0 aliphatic heterocycles. The summed E-state index contributed by atoms with van der Waals surface area (Å²) in [5.74, 6) is 0. The van der Waals surface area contributed by atoms with Crippen LogP contribution in [-0.4, -0.2) is 13.7 Å². The third-order valence-electron chi connectivity index (χ3n) is 2.72. The van der Waals surface area contributed by atoms with Crippen LogP contribution in [0.3, 0.4) is 0 Å². The van der Waals surface area contributed by atoms with E-state index in [1.165, 1.54) is 11.1 Å². The average molecular weight is 326 g/mol. The molecule has 1 aromatic heterocycles. The van der Waals surface area contributed by atoms with Gasteiger partial charge in [-0.15, -0.1) is 0 Å². The largest absolute Gasteiger partial charge is 0.384 e. The Morgan fingerprint density at radius 1 is 1.33 bits per heavy atom. The Hall–Kier alpha value is -0.840. The van der Waals surface area contributed by atoms with Gasteiger partial charge in [0.25, 0.3) is 0 Å². The third-order valence-corrected chi connectivity index (χ3v) is 4.19. The van der Waals surface area contributed by atoms with Crippen molar-refractivity contribution in [3.8, 4) is 0 Å². The molecule has 1 N–H and O–H groups in total. The first-order valence-electron chi connectivity index (χ1n) is 5.82. The van der Waals surface area contributed by atoms with Crippen LogP contribution in [0.2, 0.25) is 0 Å². The zero-order chi connectivity index (χ0) is 12.8. The molecule has 0 radical (unpaired) electrons. The molecule has 2 aromatic rings. The van der Waals surface area contributed by atoms with Gasteiger partial charge in [0.2, 0.25) is 0 Å². The fourth-order valence-electron chi connectivity index (χ4n) is 1.79. The summed E-state index contributed by atoms with van der Waals surface area (Å²) in [7, 11) is 1.72. The predicted molar refractivity (Wildman–Crippen MR) is 81.4 cm³/mol. The molecule has 2 rings (SSSR count). The van der Waals surface area contributed by atoms with Crippen LogP contribution < -0.4 is 5.32 Å². The molecule has 0 aliphatic rings. The van der Waals surface area contributed by atoms with Crippen LogP contribution in [0.25, 0.3) is 0 Å². The maximum absolute atomic E-state index is 5.23. The fourth-order valence-corrected chi connectivity index (χ4v) is 2.98. The highest BCUT2D eigenvalue weighted by atomic mass is 79.9. The molecule has 96 valence electrons. The lowest BCUT2D eigenvalue weighted by molar-refractivity contribution is 0.185. The number of nitrogens with one attached hydrogen (secondary N) is 1. The summed E-state index contributed by atoms with van der Waals surface area (Å²) in [5.41, 5.74) is 3.70. The number of hydrogen-bond acceptors (Lipinski definition) is 3. The number of halogens is 1. The van der Waals surface area contributed by atoms with Crippen molar-refractivity contribution in [2.24, 2.45) is 0 Å². The maximum atomic E-state index is 5.23. The lowest BCUT2D eigenvalue weighted by Crippen LogP contribution is -2.07. The van der Waals surface area contributed by atoms with Crippen molar-refractivity contribution >= 4 is 33.0 Å². The van der Waals surface area contributed by atoms with E-state index in [0.29, 0.717) is 6.61 Å². The van der Waals surface area contributed by atoms with Gasteiger partial charge in [0, 0.05) is 29.4 Å². The van der Waals surface area contributed by atoms with Crippen molar-refractivity contribution in [2.75, 3.05) is 19.0 Å². The van der Waals surface area contributed by atoms with Gasteiger partial charge in [0.1, 0.15) is 0 Å². The molecule has 18 heavy (non-hydrogen) atoms. The molecular formula is C14H16BrNOS. The van der Waals surface area contributed by atoms with Crippen molar-refractivity contribution in [3.05, 3.63) is 50.6 Å². The van der Waals surface area contributed by atoms with Crippen LogP contribution in [0.1, 0.15) is 11.1 Å². The van der Waals surface area contributed by atoms with Gasteiger partial charge < -0.3 is 10.1 Å². The highest BCUT2D eigenvalue weighted by Crippen LogP contribution is 2.25. The molecule has 0 spiro atoms. The van der Waals surface area contributed by atoms with E-state index in [9.17, 15) is 0 Å². The van der Waals surface area contributed by atoms with Gasteiger partial charge >= 0.3 is 0 Å². The van der Waals surface area contributed by atoms with Crippen LogP contribution in [0, 0.1) is 0 Å². The van der Waals surface area contributed by atoms with Gasteiger partial charge in [-0.3, -0.25) is 0 Å². The minimum atomic E-state index is 0.613. The second-order valence-electron chi connectivity index (χ2n) is 4.01. The molecular weight excluding hydrogens is 310 g/mol. The minimum Gasteiger partial charge on any atom is -0.384 e. The highest BCUT2D eigenvalue weighted by Gasteiger charge is 2.05. The van der Waals surface area contributed by atoms with Crippen molar-refractivity contribution < 1.29 is 4.74 Å². The molecule has 0 fully saturated rings. The first-order valence-corrected chi connectivity index (χ1v) is 7.56. The Morgan fingerprint density at radius 3 is 2.94 bits per heavy atom. The minimum absolute atomic E-state index is 0.613. The predicted octanol–water partition coefficient (Wildman–Crippen LogP) is 4.31. The van der Waals surface area contributed by atoms with Gasteiger partial charge in [0.05, 0.1) is 6.61 Å². The second kappa shape index (κ2) is 6.92. The summed E-state index contributed by atoms with van der Waals surface area (Å²) in [6, 6.07) is 8.34. The number of rotatable bonds is 6. The van der Waals surface area contributed by atoms with E-state index in [1.54, 1.807) is 18.4 Å². The quantitative estimate of drug-likeness (QED) is 0.854. The summed E-state index contributed by atoms with van der Waals surface area (Å²) >= 11 is 5.30. The Balaban J connectivity index is 1.98. The van der Waals surface area contributed by atoms with E-state index in [0.717, 1.165) is 23.1 Å². The smallest absolute Gasteiger partial charge is 0.0744 e. The van der Waals surface area contributed by atoms with Gasteiger partial charge in [-0.05, 0) is 40.9 Å². The number of benzene rings is 1. The normalized spacial score (nSPS) is 10.6. The van der Waals surface area contributed by atoms with E-state index in [2.05, 4.69) is 44.1 Å². The molecule has 0 atom stereocenters. The summed E-state index contributed by atoms with van der Waals surface area (Å²) in [6.07, 6.45) is 1.04. The number of ether oxygens (including phenoxy) is 1. The van der Waals surface area contributed by atoms with Crippen LogP contribution in [0.4, 0.5) is 5.69 Å². The molecule has 2 nitrogen and oxygen atoms in total. The number of hydrogen-bond donors (Lipinski definition) is 1. The summed E-state index contributed by atoms with van der Waals surface area (Å²) in [4.78, 5) is 0. The zero-order valence-corrected chi connectivity index (χ0v) is 12.7. The third kappa shape index (κ3) is 3.57. The topological polar surface area (TPSA) is 21.3 Å². The molecule has 0 amide bonds. The standard InChI is InChI=1S/C14H16BrNOS/c1-17-9-12-13(15)3-2-4-14(12)16-7-5-11-6-8-18-10-11/h2-4,6,8,10,16H,5,7,9H2,1H3. The molecule has 0 unspecified atom stereocenters. The molecule has 1 aromatic carbocycles. The van der Waals surface area contributed by atoms with Crippen molar-refractivity contribution in [2.45, 2.75) is 13.0 Å². The van der Waals surface area contributed by atoms with Crippen LogP contribution in [0.5, 0.6) is 0 Å². The van der Waals surface area contributed by atoms with Crippen molar-refractivity contribution in [3.63, 3.8) is 0 Å². The molecule has 4 heteroatoms. The van der Waals surface area contributed by atoms with Gasteiger partial charge in [-0.25, -0.2) is 0 Å². The van der Waals surface area contributed by atoms with E-state index in [-0.39, 0.29) is 0 Å². The molecule has 1 heterocycles. The van der Waals surface area contributed by atoms with Crippen molar-refractivity contribution in [1.82, 2.24) is 0 Å². The van der Waals surface area contributed by atoms with Gasteiger partial charge in [-0.2, -0.15) is 11.3 Å². The fraction of sp³-hybridized carbons (Fsp3) is 0.286. The lowest BCUT2D eigenvalue weighted by Gasteiger charge is -2.13. The SMILES string of the molecule is COCc1c(Br)cccc1NCCc1ccsc1. The maximum Gasteiger partial charge on any atom is 0.0744 e. The number of thiophene rings is 1. The average Bonchev–Trinajstić information content (AvgIpc) is 2.86. The summed E-state index contributed by atoms with van der Waals surface area (Å²) in [6.45, 7) is 1.55. The second-order valence-corrected chi connectivity index (χ2v) is 5.64.